The molecule has 0 saturated heterocycles. The molecule has 0 aliphatic rings. The van der Waals surface area contributed by atoms with Gasteiger partial charge in [-0.2, -0.15) is 0 Å². The predicted octanol–water partition coefficient (Wildman–Crippen LogP) is 2.92. The quantitative estimate of drug-likeness (QED) is 0.823. The van der Waals surface area contributed by atoms with Crippen molar-refractivity contribution in [3.63, 3.8) is 0 Å². The maximum Gasteiger partial charge on any atom is 0.119 e. The van der Waals surface area contributed by atoms with Crippen LogP contribution in [0.15, 0.2) is 53.7 Å². The molecule has 0 saturated carbocycles. The van der Waals surface area contributed by atoms with E-state index in [0.29, 0.717) is 12.4 Å². The Balaban J connectivity index is 1.74. The Morgan fingerprint density at radius 3 is 2.89 bits per heavy atom. The maximum atomic E-state index is 9.87. The number of aliphatic hydroxyl groups excluding tert-OH is 1. The van der Waals surface area contributed by atoms with Gasteiger partial charge in [-0.1, -0.05) is 18.2 Å². The lowest BCUT2D eigenvalue weighted by Gasteiger charge is -2.12. The molecular weight excluding hydrogens is 258 g/mol. The zero-order valence-corrected chi connectivity index (χ0v) is 11.6. The van der Waals surface area contributed by atoms with Gasteiger partial charge in [-0.3, -0.25) is 0 Å². The number of benzene rings is 1. The number of rotatable bonds is 6. The van der Waals surface area contributed by atoms with Gasteiger partial charge < -0.3 is 9.84 Å². The van der Waals surface area contributed by atoms with E-state index in [1.807, 2.05) is 49.4 Å². The average Bonchev–Trinajstić information content (AvgIpc) is 2.44. The van der Waals surface area contributed by atoms with Crippen LogP contribution in [0.2, 0.25) is 0 Å². The van der Waals surface area contributed by atoms with Gasteiger partial charge in [0.05, 0.1) is 11.1 Å². The van der Waals surface area contributed by atoms with Crippen LogP contribution in [0.3, 0.4) is 0 Å². The van der Waals surface area contributed by atoms with Gasteiger partial charge in [-0.05, 0) is 36.8 Å². The summed E-state index contributed by atoms with van der Waals surface area (Å²) in [5, 5.41) is 10.8. The summed E-state index contributed by atoms with van der Waals surface area (Å²) in [4.78, 5) is 4.19. The zero-order chi connectivity index (χ0) is 13.5. The molecule has 0 unspecified atom stereocenters. The van der Waals surface area contributed by atoms with Gasteiger partial charge in [0.1, 0.15) is 12.4 Å². The van der Waals surface area contributed by atoms with Crippen molar-refractivity contribution >= 4 is 11.8 Å². The van der Waals surface area contributed by atoms with Crippen molar-refractivity contribution in [1.82, 2.24) is 4.98 Å². The molecule has 0 spiro atoms. The molecule has 0 amide bonds. The first-order valence-corrected chi connectivity index (χ1v) is 7.14. The van der Waals surface area contributed by atoms with Crippen LogP contribution in [0.5, 0.6) is 5.75 Å². The summed E-state index contributed by atoms with van der Waals surface area (Å²) in [6, 6.07) is 13.6. The molecular formula is C15H17NO2S. The number of aryl methyl sites for hydroxylation is 1. The lowest BCUT2D eigenvalue weighted by molar-refractivity contribution is 0.126. The molecule has 3 nitrogen and oxygen atoms in total. The monoisotopic (exact) mass is 275 g/mol. The third kappa shape index (κ3) is 4.93. The fourth-order valence-corrected chi connectivity index (χ4v) is 2.33. The molecule has 19 heavy (non-hydrogen) atoms. The molecule has 0 aliphatic carbocycles. The Kier molecular flexibility index (Phi) is 5.24. The molecule has 1 N–H and O–H groups in total. The number of thioether (sulfide) groups is 1. The minimum atomic E-state index is -0.507. The topological polar surface area (TPSA) is 42.4 Å². The summed E-state index contributed by atoms with van der Waals surface area (Å²) in [6.45, 7) is 2.31. The summed E-state index contributed by atoms with van der Waals surface area (Å²) < 4.78 is 5.55. The number of aromatic nitrogens is 1. The van der Waals surface area contributed by atoms with Crippen LogP contribution < -0.4 is 4.74 Å². The Morgan fingerprint density at radius 1 is 1.26 bits per heavy atom. The van der Waals surface area contributed by atoms with E-state index in [4.69, 9.17) is 4.74 Å². The Morgan fingerprint density at radius 2 is 2.16 bits per heavy atom. The lowest BCUT2D eigenvalue weighted by Crippen LogP contribution is -2.20. The van der Waals surface area contributed by atoms with Gasteiger partial charge >= 0.3 is 0 Å². The van der Waals surface area contributed by atoms with Gasteiger partial charge in [0.15, 0.2) is 0 Å². The minimum Gasteiger partial charge on any atom is -0.491 e. The number of nitrogens with zero attached hydrogens (tertiary/aromatic N) is 1. The van der Waals surface area contributed by atoms with Gasteiger partial charge in [0, 0.05) is 11.9 Å². The van der Waals surface area contributed by atoms with Gasteiger partial charge in [-0.15, -0.1) is 11.8 Å². The normalized spacial score (nSPS) is 12.1. The summed E-state index contributed by atoms with van der Waals surface area (Å²) >= 11 is 1.53. The van der Waals surface area contributed by atoms with Crippen LogP contribution >= 0.6 is 11.8 Å². The molecule has 0 radical (unpaired) electrons. The Labute approximate surface area is 117 Å². The highest BCUT2D eigenvalue weighted by atomic mass is 32.2. The van der Waals surface area contributed by atoms with Crippen molar-refractivity contribution in [2.24, 2.45) is 0 Å². The molecule has 1 aromatic heterocycles. The maximum absolute atomic E-state index is 9.87. The van der Waals surface area contributed by atoms with Crippen molar-refractivity contribution < 1.29 is 9.84 Å². The second-order valence-electron chi connectivity index (χ2n) is 4.26. The van der Waals surface area contributed by atoms with Crippen molar-refractivity contribution in [1.29, 1.82) is 0 Å². The van der Waals surface area contributed by atoms with Crippen LogP contribution in [-0.2, 0) is 0 Å². The van der Waals surface area contributed by atoms with Crippen LogP contribution in [0, 0.1) is 6.92 Å². The smallest absolute Gasteiger partial charge is 0.119 e. The third-order valence-electron chi connectivity index (χ3n) is 2.49. The third-order valence-corrected chi connectivity index (χ3v) is 3.58. The molecule has 1 heterocycles. The number of hydrogen-bond acceptors (Lipinski definition) is 4. The Hall–Kier alpha value is -1.52. The van der Waals surface area contributed by atoms with E-state index in [2.05, 4.69) is 4.98 Å². The Bertz CT molecular complexity index is 505. The average molecular weight is 275 g/mol. The van der Waals surface area contributed by atoms with Gasteiger partial charge in [0.2, 0.25) is 0 Å². The van der Waals surface area contributed by atoms with E-state index in [9.17, 15) is 5.11 Å². The largest absolute Gasteiger partial charge is 0.491 e. The van der Waals surface area contributed by atoms with E-state index in [0.717, 1.165) is 16.3 Å². The molecule has 0 aliphatic heterocycles. The van der Waals surface area contributed by atoms with Gasteiger partial charge in [0.25, 0.3) is 0 Å². The second kappa shape index (κ2) is 7.16. The lowest BCUT2D eigenvalue weighted by atomic mass is 10.2. The van der Waals surface area contributed by atoms with E-state index < -0.39 is 6.10 Å². The van der Waals surface area contributed by atoms with Crippen molar-refractivity contribution in [2.45, 2.75) is 18.1 Å². The fraction of sp³-hybridized carbons (Fsp3) is 0.267. The van der Waals surface area contributed by atoms with Crippen LogP contribution in [0.4, 0.5) is 0 Å². The molecule has 0 fully saturated rings. The van der Waals surface area contributed by atoms with E-state index in [1.165, 1.54) is 11.8 Å². The van der Waals surface area contributed by atoms with E-state index >= 15 is 0 Å². The number of pyridine rings is 1. The summed E-state index contributed by atoms with van der Waals surface area (Å²) in [5.74, 6) is 1.37. The van der Waals surface area contributed by atoms with E-state index in [1.54, 1.807) is 6.20 Å². The highest BCUT2D eigenvalue weighted by molar-refractivity contribution is 7.99. The van der Waals surface area contributed by atoms with Gasteiger partial charge in [-0.25, -0.2) is 4.98 Å². The molecule has 2 aromatic rings. The number of aliphatic hydroxyl groups is 1. The summed E-state index contributed by atoms with van der Waals surface area (Å²) in [5.41, 5.74) is 1.15. The summed E-state index contributed by atoms with van der Waals surface area (Å²) in [6.07, 6.45) is 1.24. The second-order valence-corrected chi connectivity index (χ2v) is 5.30. The highest BCUT2D eigenvalue weighted by Crippen LogP contribution is 2.16. The van der Waals surface area contributed by atoms with Crippen molar-refractivity contribution in [3.8, 4) is 5.75 Å². The van der Waals surface area contributed by atoms with Crippen LogP contribution in [0.25, 0.3) is 0 Å². The first kappa shape index (κ1) is 13.9. The number of ether oxygens (including phenoxy) is 1. The highest BCUT2D eigenvalue weighted by Gasteiger charge is 2.07. The van der Waals surface area contributed by atoms with Crippen LogP contribution in [0.1, 0.15) is 5.56 Å². The molecule has 100 valence electrons. The molecule has 1 aromatic carbocycles. The number of hydrogen-bond donors (Lipinski definition) is 1. The first-order valence-electron chi connectivity index (χ1n) is 6.15. The molecule has 0 bridgehead atoms. The summed E-state index contributed by atoms with van der Waals surface area (Å²) in [7, 11) is 0. The van der Waals surface area contributed by atoms with Crippen molar-refractivity contribution in [2.75, 3.05) is 12.4 Å². The van der Waals surface area contributed by atoms with E-state index in [-0.39, 0.29) is 0 Å². The van der Waals surface area contributed by atoms with Crippen molar-refractivity contribution in [3.05, 3.63) is 54.2 Å². The molecule has 4 heteroatoms. The zero-order valence-electron chi connectivity index (χ0n) is 10.8. The first-order chi connectivity index (χ1) is 9.24. The fourth-order valence-electron chi connectivity index (χ4n) is 1.56. The predicted molar refractivity (Wildman–Crippen MR) is 77.6 cm³/mol. The van der Waals surface area contributed by atoms with Crippen LogP contribution in [-0.4, -0.2) is 28.6 Å². The minimum absolute atomic E-state index is 0.295. The molecule has 1 atom stereocenters. The SMILES string of the molecule is Cc1cccc(OC[C@@H](O)CSc2ccccn2)c1. The standard InChI is InChI=1S/C15H17NO2S/c1-12-5-4-6-14(9-12)18-10-13(17)11-19-15-7-2-3-8-16-15/h2-9,13,17H,10-11H2,1H3/t13-/m1/s1. The molecule has 2 rings (SSSR count).